The highest BCUT2D eigenvalue weighted by Gasteiger charge is 2.28. The minimum Gasteiger partial charge on any atom is -0.744 e. The van der Waals surface area contributed by atoms with E-state index in [1.807, 2.05) is 30.3 Å². The first kappa shape index (κ1) is 21.0. The van der Waals surface area contributed by atoms with Gasteiger partial charge in [-0.25, -0.2) is 8.42 Å². The topological polar surface area (TPSA) is 57.2 Å². The lowest BCUT2D eigenvalue weighted by Gasteiger charge is -2.31. The molecule has 0 N–H and O–H groups in total. The van der Waals surface area contributed by atoms with Gasteiger partial charge in [0.2, 0.25) is 0 Å². The zero-order chi connectivity index (χ0) is 20.3. The lowest BCUT2D eigenvalue weighted by atomic mass is 9.80. The summed E-state index contributed by atoms with van der Waals surface area (Å²) in [6.45, 7) is 0. The van der Waals surface area contributed by atoms with E-state index >= 15 is 0 Å². The molecule has 0 radical (unpaired) electrons. The molecule has 0 aromatic heterocycles. The van der Waals surface area contributed by atoms with E-state index < -0.39 is 10.1 Å². The molecule has 2 aliphatic carbocycles. The number of rotatable bonds is 5. The van der Waals surface area contributed by atoms with E-state index in [9.17, 15) is 13.0 Å². The first-order valence-electron chi connectivity index (χ1n) is 10.9. The summed E-state index contributed by atoms with van der Waals surface area (Å²) in [4.78, 5) is 2.31. The van der Waals surface area contributed by atoms with Gasteiger partial charge in [0, 0.05) is 9.79 Å². The van der Waals surface area contributed by atoms with E-state index in [0.29, 0.717) is 0 Å². The Labute approximate surface area is 179 Å². The van der Waals surface area contributed by atoms with Gasteiger partial charge in [-0.2, -0.15) is 0 Å². The van der Waals surface area contributed by atoms with Crippen molar-refractivity contribution in [2.75, 3.05) is 0 Å². The smallest absolute Gasteiger partial charge is 0.124 e. The molecule has 0 saturated heterocycles. The van der Waals surface area contributed by atoms with Crippen molar-refractivity contribution in [1.82, 2.24) is 0 Å². The fraction of sp³-hybridized carbons (Fsp3) is 0.500. The van der Waals surface area contributed by atoms with Crippen LogP contribution >= 0.6 is 11.8 Å². The van der Waals surface area contributed by atoms with E-state index in [1.54, 1.807) is 11.8 Å². The summed E-state index contributed by atoms with van der Waals surface area (Å²) in [7, 11) is -4.51. The lowest BCUT2D eigenvalue weighted by molar-refractivity contribution is 0.415. The summed E-state index contributed by atoms with van der Waals surface area (Å²) in [6, 6.07) is 14.2. The van der Waals surface area contributed by atoms with Gasteiger partial charge in [0.25, 0.3) is 0 Å². The van der Waals surface area contributed by atoms with Gasteiger partial charge in [0.1, 0.15) is 10.1 Å². The molecular weight excluding hydrogens is 400 g/mol. The van der Waals surface area contributed by atoms with Gasteiger partial charge in [0.05, 0.1) is 4.90 Å². The van der Waals surface area contributed by atoms with Gasteiger partial charge in [-0.05, 0) is 72.9 Å². The Balaban J connectivity index is 1.84. The second kappa shape index (κ2) is 9.23. The van der Waals surface area contributed by atoms with Gasteiger partial charge < -0.3 is 4.55 Å². The van der Waals surface area contributed by atoms with Crippen LogP contribution in [0.3, 0.4) is 0 Å². The third-order valence-corrected chi connectivity index (χ3v) is 8.39. The van der Waals surface area contributed by atoms with Crippen LogP contribution < -0.4 is 0 Å². The molecule has 2 fully saturated rings. The average Bonchev–Trinajstić information content (AvgIpc) is 2.74. The summed E-state index contributed by atoms with van der Waals surface area (Å²) >= 11 is 1.67. The van der Waals surface area contributed by atoms with Crippen molar-refractivity contribution in [2.45, 2.75) is 90.7 Å². The molecule has 5 heteroatoms. The SMILES string of the molecule is O=S(=O)([O-])c1c(C2CCCCC2)cc(Sc2ccccc2)cc1C1CCCCC1. The monoisotopic (exact) mass is 429 g/mol. The fourth-order valence-corrected chi connectivity index (χ4v) is 7.02. The molecule has 0 heterocycles. The zero-order valence-electron chi connectivity index (χ0n) is 16.8. The Kier molecular flexibility index (Phi) is 6.67. The van der Waals surface area contributed by atoms with E-state index in [4.69, 9.17) is 0 Å². The molecule has 2 saturated carbocycles. The van der Waals surface area contributed by atoms with Gasteiger partial charge in [-0.3, -0.25) is 0 Å². The van der Waals surface area contributed by atoms with Crippen LogP contribution in [0.15, 0.2) is 57.2 Å². The molecule has 29 heavy (non-hydrogen) atoms. The molecule has 3 nitrogen and oxygen atoms in total. The summed E-state index contributed by atoms with van der Waals surface area (Å²) in [5.41, 5.74) is 1.59. The maximum atomic E-state index is 12.5. The zero-order valence-corrected chi connectivity index (χ0v) is 18.4. The van der Waals surface area contributed by atoms with Crippen molar-refractivity contribution >= 4 is 21.9 Å². The molecule has 0 spiro atoms. The van der Waals surface area contributed by atoms with E-state index in [-0.39, 0.29) is 16.7 Å². The first-order chi connectivity index (χ1) is 14.0. The average molecular weight is 430 g/mol. The highest BCUT2D eigenvalue weighted by molar-refractivity contribution is 7.99. The highest BCUT2D eigenvalue weighted by atomic mass is 32.2. The maximum absolute atomic E-state index is 12.5. The summed E-state index contributed by atoms with van der Waals surface area (Å²) in [6.07, 6.45) is 10.7. The molecule has 156 valence electrons. The summed E-state index contributed by atoms with van der Waals surface area (Å²) < 4.78 is 37.4. The van der Waals surface area contributed by atoms with Crippen molar-refractivity contribution in [3.63, 3.8) is 0 Å². The van der Waals surface area contributed by atoms with Crippen LogP contribution in [0.1, 0.15) is 87.2 Å². The van der Waals surface area contributed by atoms with Crippen LogP contribution in [0.2, 0.25) is 0 Å². The van der Waals surface area contributed by atoms with Gasteiger partial charge in [-0.15, -0.1) is 0 Å². The Morgan fingerprint density at radius 1 is 0.724 bits per heavy atom. The van der Waals surface area contributed by atoms with Crippen molar-refractivity contribution in [3.05, 3.63) is 53.6 Å². The fourth-order valence-electron chi connectivity index (χ4n) is 5.05. The second-order valence-corrected chi connectivity index (χ2v) is 10.9. The van der Waals surface area contributed by atoms with Crippen LogP contribution in [0.5, 0.6) is 0 Å². The standard InChI is InChI=1S/C24H30O3S2/c25-29(26,27)24-22(18-10-4-1-5-11-18)16-21(28-20-14-8-3-9-15-20)17-23(24)19-12-6-2-7-13-19/h3,8-9,14-19H,1-2,4-7,10-13H2,(H,25,26,27)/p-1. The van der Waals surface area contributed by atoms with E-state index in [1.165, 1.54) is 12.8 Å². The molecule has 2 aliphatic rings. The van der Waals surface area contributed by atoms with Gasteiger partial charge in [-0.1, -0.05) is 68.5 Å². The molecule has 2 aromatic carbocycles. The van der Waals surface area contributed by atoms with Crippen molar-refractivity contribution in [3.8, 4) is 0 Å². The third kappa shape index (κ3) is 5.07. The summed E-state index contributed by atoms with van der Waals surface area (Å²) in [5.74, 6) is 0.363. The van der Waals surface area contributed by atoms with Crippen molar-refractivity contribution in [1.29, 1.82) is 0 Å². The molecule has 0 bridgehead atoms. The Hall–Kier alpha value is -1.30. The minimum atomic E-state index is -4.51. The summed E-state index contributed by atoms with van der Waals surface area (Å²) in [5, 5.41) is 0. The third-order valence-electron chi connectivity index (χ3n) is 6.44. The maximum Gasteiger partial charge on any atom is 0.124 e. The van der Waals surface area contributed by atoms with Crippen molar-refractivity contribution < 1.29 is 13.0 Å². The van der Waals surface area contributed by atoms with Gasteiger partial charge in [0.15, 0.2) is 0 Å². The minimum absolute atomic E-state index is 0.119. The second-order valence-electron chi connectivity index (χ2n) is 8.47. The van der Waals surface area contributed by atoms with Crippen LogP contribution in [0.25, 0.3) is 0 Å². The van der Waals surface area contributed by atoms with E-state index in [2.05, 4.69) is 12.1 Å². The van der Waals surface area contributed by atoms with Crippen LogP contribution in [0, 0.1) is 0 Å². The molecule has 0 atom stereocenters. The first-order valence-corrected chi connectivity index (χ1v) is 13.1. The molecule has 0 amide bonds. The number of benzene rings is 2. The normalized spacial score (nSPS) is 19.3. The quantitative estimate of drug-likeness (QED) is 0.488. The Bertz CT molecular complexity index is 887. The predicted molar refractivity (Wildman–Crippen MR) is 117 cm³/mol. The van der Waals surface area contributed by atoms with Crippen LogP contribution in [-0.4, -0.2) is 13.0 Å². The molecule has 2 aromatic rings. The molecule has 0 unspecified atom stereocenters. The van der Waals surface area contributed by atoms with Gasteiger partial charge >= 0.3 is 0 Å². The molecule has 0 aliphatic heterocycles. The number of hydrogen-bond acceptors (Lipinski definition) is 4. The Morgan fingerprint density at radius 3 is 1.66 bits per heavy atom. The molecular formula is C24H29O3S2-. The number of hydrogen-bond donors (Lipinski definition) is 0. The lowest BCUT2D eigenvalue weighted by Crippen LogP contribution is -2.16. The largest absolute Gasteiger partial charge is 0.744 e. The highest BCUT2D eigenvalue weighted by Crippen LogP contribution is 2.45. The van der Waals surface area contributed by atoms with Crippen LogP contribution in [-0.2, 0) is 10.1 Å². The molecule has 4 rings (SSSR count). The van der Waals surface area contributed by atoms with Crippen molar-refractivity contribution in [2.24, 2.45) is 0 Å². The predicted octanol–water partition coefficient (Wildman–Crippen LogP) is 6.84. The Morgan fingerprint density at radius 2 is 1.21 bits per heavy atom. The van der Waals surface area contributed by atoms with E-state index in [0.717, 1.165) is 72.3 Å². The van der Waals surface area contributed by atoms with Crippen LogP contribution in [0.4, 0.5) is 0 Å².